The molecule has 0 heterocycles. The van der Waals surface area contributed by atoms with Crippen LogP contribution in [0, 0.1) is 0 Å². The van der Waals surface area contributed by atoms with Gasteiger partial charge in [-0.15, -0.1) is 0 Å². The smallest absolute Gasteiger partial charge is 0.339 e. The Labute approximate surface area is 152 Å². The summed E-state index contributed by atoms with van der Waals surface area (Å²) >= 11 is 0. The lowest BCUT2D eigenvalue weighted by Gasteiger charge is -2.12. The zero-order chi connectivity index (χ0) is 18.9. The third-order valence-electron chi connectivity index (χ3n) is 3.81. The van der Waals surface area contributed by atoms with Crippen molar-refractivity contribution in [3.8, 4) is 0 Å². The second-order valence-corrected chi connectivity index (χ2v) is 5.76. The monoisotopic (exact) mass is 355 g/mol. The Balaban J connectivity index is 1.85. The molecule has 136 valence electrons. The van der Waals surface area contributed by atoms with Crippen molar-refractivity contribution in [3.05, 3.63) is 65.7 Å². The van der Waals surface area contributed by atoms with Crippen molar-refractivity contribution < 1.29 is 23.9 Å². The third kappa shape index (κ3) is 5.44. The van der Waals surface area contributed by atoms with Gasteiger partial charge < -0.3 is 14.8 Å². The van der Waals surface area contributed by atoms with Gasteiger partial charge in [0.05, 0.1) is 24.8 Å². The minimum atomic E-state index is -0.561. The largest absolute Gasteiger partial charge is 0.465 e. The Morgan fingerprint density at radius 1 is 1.00 bits per heavy atom. The zero-order valence-corrected chi connectivity index (χ0v) is 14.7. The first-order chi connectivity index (χ1) is 12.5. The van der Waals surface area contributed by atoms with Crippen LogP contribution in [0.3, 0.4) is 0 Å². The van der Waals surface area contributed by atoms with Crippen LogP contribution in [0.2, 0.25) is 0 Å². The van der Waals surface area contributed by atoms with Crippen molar-refractivity contribution in [2.45, 2.75) is 19.3 Å². The van der Waals surface area contributed by atoms with Crippen molar-refractivity contribution in [1.29, 1.82) is 0 Å². The number of hydrogen-bond acceptors (Lipinski definition) is 5. The van der Waals surface area contributed by atoms with Crippen molar-refractivity contribution >= 4 is 23.5 Å². The van der Waals surface area contributed by atoms with Gasteiger partial charge in [-0.05, 0) is 23.6 Å². The van der Waals surface area contributed by atoms with E-state index >= 15 is 0 Å². The van der Waals surface area contributed by atoms with E-state index < -0.39 is 24.5 Å². The summed E-state index contributed by atoms with van der Waals surface area (Å²) in [7, 11) is 1.26. The van der Waals surface area contributed by atoms with Crippen molar-refractivity contribution in [1.82, 2.24) is 0 Å². The topological polar surface area (TPSA) is 81.7 Å². The number of esters is 2. The van der Waals surface area contributed by atoms with E-state index in [9.17, 15) is 14.4 Å². The number of anilines is 1. The van der Waals surface area contributed by atoms with Crippen LogP contribution >= 0.6 is 0 Å². The van der Waals surface area contributed by atoms with E-state index in [-0.39, 0.29) is 17.9 Å². The molecule has 0 aliphatic rings. The number of hydrogen-bond donors (Lipinski definition) is 1. The van der Waals surface area contributed by atoms with Crippen molar-refractivity contribution in [3.63, 3.8) is 0 Å². The fourth-order valence-corrected chi connectivity index (χ4v) is 2.42. The molecule has 6 nitrogen and oxygen atoms in total. The lowest BCUT2D eigenvalue weighted by Crippen LogP contribution is -2.22. The molecule has 1 atom stereocenters. The van der Waals surface area contributed by atoms with Gasteiger partial charge in [0.25, 0.3) is 5.91 Å². The zero-order valence-electron chi connectivity index (χ0n) is 14.7. The maximum Gasteiger partial charge on any atom is 0.339 e. The van der Waals surface area contributed by atoms with Gasteiger partial charge in [-0.25, -0.2) is 4.79 Å². The summed E-state index contributed by atoms with van der Waals surface area (Å²) in [4.78, 5) is 35.6. The molecule has 1 amide bonds. The number of ether oxygens (including phenoxy) is 2. The van der Waals surface area contributed by atoms with E-state index in [0.29, 0.717) is 5.69 Å². The average molecular weight is 355 g/mol. The number of methoxy groups -OCH3 is 1. The molecular weight excluding hydrogens is 334 g/mol. The molecule has 6 heteroatoms. The Hall–Kier alpha value is -3.15. The number of benzene rings is 2. The predicted molar refractivity (Wildman–Crippen MR) is 96.8 cm³/mol. The second kappa shape index (κ2) is 9.36. The SMILES string of the molecule is COC(=O)c1ccccc1NC(=O)COC(=O)C[C@@H](C)c1ccccc1. The average Bonchev–Trinajstić information content (AvgIpc) is 2.67. The Bertz CT molecular complexity index is 773. The molecular formula is C20H21NO5. The lowest BCUT2D eigenvalue weighted by atomic mass is 9.98. The number of nitrogens with one attached hydrogen (secondary N) is 1. The van der Waals surface area contributed by atoms with Crippen LogP contribution in [-0.4, -0.2) is 31.6 Å². The number of carbonyl (C=O) groups excluding carboxylic acids is 3. The van der Waals surface area contributed by atoms with Crippen LogP contribution < -0.4 is 5.32 Å². The maximum atomic E-state index is 12.0. The summed E-state index contributed by atoms with van der Waals surface area (Å²) in [5, 5.41) is 2.55. The quantitative estimate of drug-likeness (QED) is 0.772. The molecule has 0 aliphatic carbocycles. The Morgan fingerprint density at radius 3 is 2.35 bits per heavy atom. The summed E-state index contributed by atoms with van der Waals surface area (Å²) in [6, 6.07) is 16.0. The highest BCUT2D eigenvalue weighted by atomic mass is 16.5. The number of rotatable bonds is 7. The standard InChI is InChI=1S/C20H21NO5/c1-14(15-8-4-3-5-9-15)12-19(23)26-13-18(22)21-17-11-7-6-10-16(17)20(24)25-2/h3-11,14H,12-13H2,1-2H3,(H,21,22)/t14-/m1/s1. The van der Waals surface area contributed by atoms with E-state index in [1.807, 2.05) is 37.3 Å². The molecule has 0 aromatic heterocycles. The highest BCUT2D eigenvalue weighted by Gasteiger charge is 2.16. The van der Waals surface area contributed by atoms with Gasteiger partial charge in [0.1, 0.15) is 0 Å². The fraction of sp³-hybridized carbons (Fsp3) is 0.250. The van der Waals surface area contributed by atoms with Crippen molar-refractivity contribution in [2.24, 2.45) is 0 Å². The minimum Gasteiger partial charge on any atom is -0.465 e. The molecule has 2 rings (SSSR count). The molecule has 2 aromatic carbocycles. The van der Waals surface area contributed by atoms with Crippen molar-refractivity contribution in [2.75, 3.05) is 19.0 Å². The van der Waals surface area contributed by atoms with Gasteiger partial charge in [0.2, 0.25) is 0 Å². The normalized spacial score (nSPS) is 11.3. The molecule has 2 aromatic rings. The second-order valence-electron chi connectivity index (χ2n) is 5.76. The highest BCUT2D eigenvalue weighted by Crippen LogP contribution is 2.19. The maximum absolute atomic E-state index is 12.0. The van der Waals surface area contributed by atoms with Crippen LogP contribution in [0.25, 0.3) is 0 Å². The van der Waals surface area contributed by atoms with E-state index in [1.165, 1.54) is 13.2 Å². The summed E-state index contributed by atoms with van der Waals surface area (Å²) in [5.74, 6) is -1.55. The van der Waals surface area contributed by atoms with Crippen LogP contribution in [0.15, 0.2) is 54.6 Å². The van der Waals surface area contributed by atoms with Gasteiger partial charge in [0, 0.05) is 0 Å². The summed E-state index contributed by atoms with van der Waals surface area (Å²) in [6.45, 7) is 1.50. The molecule has 0 fully saturated rings. The van der Waals surface area contributed by atoms with Crippen LogP contribution in [-0.2, 0) is 19.1 Å². The molecule has 0 aliphatic heterocycles. The van der Waals surface area contributed by atoms with E-state index in [1.54, 1.807) is 18.2 Å². The molecule has 26 heavy (non-hydrogen) atoms. The first-order valence-electron chi connectivity index (χ1n) is 8.19. The molecule has 0 saturated carbocycles. The summed E-state index contributed by atoms with van der Waals surface area (Å²) < 4.78 is 9.69. The third-order valence-corrected chi connectivity index (χ3v) is 3.81. The van der Waals surface area contributed by atoms with E-state index in [0.717, 1.165) is 5.56 Å². The highest BCUT2D eigenvalue weighted by molar-refractivity contribution is 6.01. The predicted octanol–water partition coefficient (Wildman–Crippen LogP) is 3.15. The van der Waals surface area contributed by atoms with Crippen LogP contribution in [0.1, 0.15) is 35.2 Å². The van der Waals surface area contributed by atoms with Gasteiger partial charge in [-0.2, -0.15) is 0 Å². The summed E-state index contributed by atoms with van der Waals surface area (Å²) in [6.07, 6.45) is 0.177. The molecule has 0 radical (unpaired) electrons. The lowest BCUT2D eigenvalue weighted by molar-refractivity contribution is -0.147. The van der Waals surface area contributed by atoms with Gasteiger partial charge >= 0.3 is 11.9 Å². The molecule has 0 bridgehead atoms. The molecule has 0 unspecified atom stereocenters. The first kappa shape index (κ1) is 19.2. The van der Waals surface area contributed by atoms with Gasteiger partial charge in [-0.1, -0.05) is 49.4 Å². The molecule has 0 saturated heterocycles. The Morgan fingerprint density at radius 2 is 1.65 bits per heavy atom. The minimum absolute atomic E-state index is 0.00758. The number of amides is 1. The van der Waals surface area contributed by atoms with E-state index in [4.69, 9.17) is 4.74 Å². The van der Waals surface area contributed by atoms with Crippen LogP contribution in [0.4, 0.5) is 5.69 Å². The molecule has 1 N–H and O–H groups in total. The fourth-order valence-electron chi connectivity index (χ4n) is 2.42. The van der Waals surface area contributed by atoms with Gasteiger partial charge in [0.15, 0.2) is 6.61 Å². The Kier molecular flexibility index (Phi) is 6.91. The summed E-state index contributed by atoms with van der Waals surface area (Å²) in [5.41, 5.74) is 1.56. The van der Waals surface area contributed by atoms with E-state index in [2.05, 4.69) is 10.1 Å². The molecule has 0 spiro atoms. The number of para-hydroxylation sites is 1. The van der Waals surface area contributed by atoms with Crippen LogP contribution in [0.5, 0.6) is 0 Å². The van der Waals surface area contributed by atoms with Gasteiger partial charge in [-0.3, -0.25) is 9.59 Å². The first-order valence-corrected chi connectivity index (χ1v) is 8.19. The number of carbonyl (C=O) groups is 3.